The van der Waals surface area contributed by atoms with Crippen molar-refractivity contribution in [3.8, 4) is 29.0 Å². The number of methoxy groups -OCH3 is 1. The maximum absolute atomic E-state index is 8.83. The Hall–Kier alpha value is -2.54. The summed E-state index contributed by atoms with van der Waals surface area (Å²) in [6.07, 6.45) is 6.75. The Bertz CT molecular complexity index is 689. The lowest BCUT2D eigenvalue weighted by atomic mass is 10.00. The summed E-state index contributed by atoms with van der Waals surface area (Å²) in [5.41, 5.74) is 4.46. The van der Waals surface area contributed by atoms with E-state index in [4.69, 9.17) is 14.7 Å². The van der Waals surface area contributed by atoms with Gasteiger partial charge in [0.1, 0.15) is 5.75 Å². The molecule has 0 aliphatic heterocycles. The quantitative estimate of drug-likeness (QED) is 0.801. The number of rotatable bonds is 3. The first kappa shape index (κ1) is 12.5. The smallest absolute Gasteiger partial charge is 0.292 e. The SMILES string of the molecule is COc1cc(-c2cc3c(cc2OC#N)CCC3)ccn1. The molecular formula is C16H14N2O2. The van der Waals surface area contributed by atoms with Crippen LogP contribution in [0, 0.1) is 11.5 Å². The highest BCUT2D eigenvalue weighted by molar-refractivity contribution is 5.73. The van der Waals surface area contributed by atoms with E-state index in [0.29, 0.717) is 11.6 Å². The van der Waals surface area contributed by atoms with Gasteiger partial charge in [-0.05, 0) is 54.2 Å². The molecule has 1 aromatic heterocycles. The molecule has 100 valence electrons. The van der Waals surface area contributed by atoms with Crippen molar-refractivity contribution in [2.45, 2.75) is 19.3 Å². The predicted octanol–water partition coefficient (Wildman–Crippen LogP) is 3.11. The van der Waals surface area contributed by atoms with Crippen molar-refractivity contribution < 1.29 is 9.47 Å². The minimum Gasteiger partial charge on any atom is -0.481 e. The largest absolute Gasteiger partial charge is 0.481 e. The lowest BCUT2D eigenvalue weighted by Gasteiger charge is -2.11. The van der Waals surface area contributed by atoms with Crippen LogP contribution in [0.15, 0.2) is 30.5 Å². The van der Waals surface area contributed by atoms with Crippen LogP contribution in [-0.4, -0.2) is 12.1 Å². The molecule has 2 aromatic rings. The molecule has 20 heavy (non-hydrogen) atoms. The van der Waals surface area contributed by atoms with Gasteiger partial charge in [-0.1, -0.05) is 0 Å². The Kier molecular flexibility index (Phi) is 3.26. The van der Waals surface area contributed by atoms with E-state index >= 15 is 0 Å². The zero-order valence-electron chi connectivity index (χ0n) is 11.2. The van der Waals surface area contributed by atoms with Crippen LogP contribution in [0.5, 0.6) is 11.6 Å². The zero-order valence-corrected chi connectivity index (χ0v) is 11.2. The number of aryl methyl sites for hydroxylation is 2. The average molecular weight is 266 g/mol. The van der Waals surface area contributed by atoms with Gasteiger partial charge in [-0.2, -0.15) is 0 Å². The summed E-state index contributed by atoms with van der Waals surface area (Å²) in [6.45, 7) is 0. The second-order valence-corrected chi connectivity index (χ2v) is 4.75. The number of pyridine rings is 1. The number of nitrogens with zero attached hydrogens (tertiary/aromatic N) is 2. The molecule has 0 bridgehead atoms. The van der Waals surface area contributed by atoms with Crippen LogP contribution in [-0.2, 0) is 12.8 Å². The third-order valence-corrected chi connectivity index (χ3v) is 3.60. The molecule has 1 heterocycles. The highest BCUT2D eigenvalue weighted by Gasteiger charge is 2.17. The third kappa shape index (κ3) is 2.19. The first-order valence-corrected chi connectivity index (χ1v) is 6.54. The Morgan fingerprint density at radius 1 is 1.20 bits per heavy atom. The van der Waals surface area contributed by atoms with E-state index in [0.717, 1.165) is 30.4 Å². The Morgan fingerprint density at radius 3 is 2.75 bits per heavy atom. The van der Waals surface area contributed by atoms with Crippen molar-refractivity contribution >= 4 is 0 Å². The van der Waals surface area contributed by atoms with E-state index < -0.39 is 0 Å². The number of fused-ring (bicyclic) bond motifs is 1. The third-order valence-electron chi connectivity index (χ3n) is 3.60. The molecule has 0 unspecified atom stereocenters. The van der Waals surface area contributed by atoms with Gasteiger partial charge in [0.25, 0.3) is 6.26 Å². The minimum atomic E-state index is 0.547. The maximum Gasteiger partial charge on any atom is 0.292 e. The summed E-state index contributed by atoms with van der Waals surface area (Å²) in [6, 6.07) is 7.84. The van der Waals surface area contributed by atoms with Gasteiger partial charge in [-0.25, -0.2) is 4.98 Å². The molecule has 0 atom stereocenters. The van der Waals surface area contributed by atoms with Gasteiger partial charge in [0.2, 0.25) is 5.88 Å². The lowest BCUT2D eigenvalue weighted by molar-refractivity contribution is 0.398. The van der Waals surface area contributed by atoms with Crippen molar-refractivity contribution in [2.75, 3.05) is 7.11 Å². The van der Waals surface area contributed by atoms with Gasteiger partial charge < -0.3 is 9.47 Å². The molecule has 0 N–H and O–H groups in total. The standard InChI is InChI=1S/C16H14N2O2/c1-19-16-9-13(5-6-18-16)14-7-11-3-2-4-12(11)8-15(14)20-10-17/h5-9H,2-4H2,1H3. The molecule has 0 saturated heterocycles. The predicted molar refractivity (Wildman–Crippen MR) is 74.5 cm³/mol. The topological polar surface area (TPSA) is 55.1 Å². The van der Waals surface area contributed by atoms with Crippen molar-refractivity contribution in [3.05, 3.63) is 41.6 Å². The normalized spacial score (nSPS) is 12.6. The van der Waals surface area contributed by atoms with Crippen molar-refractivity contribution in [3.63, 3.8) is 0 Å². The molecule has 0 amide bonds. The Labute approximate surface area is 117 Å². The van der Waals surface area contributed by atoms with Gasteiger partial charge in [-0.3, -0.25) is 0 Å². The molecule has 0 saturated carbocycles. The molecule has 4 nitrogen and oxygen atoms in total. The van der Waals surface area contributed by atoms with Gasteiger partial charge in [0, 0.05) is 17.8 Å². The number of nitriles is 1. The fraction of sp³-hybridized carbons (Fsp3) is 0.250. The average Bonchev–Trinajstić information content (AvgIpc) is 2.94. The lowest BCUT2D eigenvalue weighted by Crippen LogP contribution is -1.93. The highest BCUT2D eigenvalue weighted by Crippen LogP contribution is 2.36. The van der Waals surface area contributed by atoms with Crippen LogP contribution in [0.4, 0.5) is 0 Å². The monoisotopic (exact) mass is 266 g/mol. The molecule has 4 heteroatoms. The van der Waals surface area contributed by atoms with Gasteiger partial charge in [0.15, 0.2) is 0 Å². The molecule has 1 aliphatic rings. The minimum absolute atomic E-state index is 0.547. The second kappa shape index (κ2) is 5.22. The summed E-state index contributed by atoms with van der Waals surface area (Å²) in [5, 5.41) is 8.83. The van der Waals surface area contributed by atoms with E-state index in [-0.39, 0.29) is 0 Å². The Balaban J connectivity index is 2.13. The van der Waals surface area contributed by atoms with E-state index in [9.17, 15) is 0 Å². The fourth-order valence-electron chi connectivity index (χ4n) is 2.65. The van der Waals surface area contributed by atoms with Crippen LogP contribution >= 0.6 is 0 Å². The summed E-state index contributed by atoms with van der Waals surface area (Å²) >= 11 is 0. The number of hydrogen-bond donors (Lipinski definition) is 0. The summed E-state index contributed by atoms with van der Waals surface area (Å²) in [7, 11) is 1.58. The van der Waals surface area contributed by atoms with Crippen LogP contribution in [0.2, 0.25) is 0 Å². The maximum atomic E-state index is 8.83. The van der Waals surface area contributed by atoms with E-state index in [1.807, 2.05) is 18.2 Å². The van der Waals surface area contributed by atoms with Crippen molar-refractivity contribution in [1.82, 2.24) is 4.98 Å². The van der Waals surface area contributed by atoms with Gasteiger partial charge >= 0.3 is 0 Å². The first-order chi connectivity index (χ1) is 9.81. The summed E-state index contributed by atoms with van der Waals surface area (Å²) in [4.78, 5) is 4.10. The number of hydrogen-bond acceptors (Lipinski definition) is 4. The zero-order chi connectivity index (χ0) is 13.9. The molecule has 0 radical (unpaired) electrons. The number of ether oxygens (including phenoxy) is 2. The highest BCUT2D eigenvalue weighted by atomic mass is 16.5. The van der Waals surface area contributed by atoms with E-state index in [2.05, 4.69) is 11.1 Å². The Morgan fingerprint density at radius 2 is 2.00 bits per heavy atom. The summed E-state index contributed by atoms with van der Waals surface area (Å²) in [5.74, 6) is 1.15. The first-order valence-electron chi connectivity index (χ1n) is 6.54. The molecule has 1 aliphatic carbocycles. The van der Waals surface area contributed by atoms with Crippen LogP contribution in [0.1, 0.15) is 17.5 Å². The molecule has 1 aromatic carbocycles. The summed E-state index contributed by atoms with van der Waals surface area (Å²) < 4.78 is 10.3. The molecule has 3 rings (SSSR count). The van der Waals surface area contributed by atoms with Gasteiger partial charge in [-0.15, -0.1) is 5.26 Å². The number of benzene rings is 1. The van der Waals surface area contributed by atoms with Crippen LogP contribution < -0.4 is 9.47 Å². The second-order valence-electron chi connectivity index (χ2n) is 4.75. The number of aromatic nitrogens is 1. The van der Waals surface area contributed by atoms with Gasteiger partial charge in [0.05, 0.1) is 7.11 Å². The molecule has 0 fully saturated rings. The van der Waals surface area contributed by atoms with Crippen LogP contribution in [0.25, 0.3) is 11.1 Å². The van der Waals surface area contributed by atoms with Crippen LogP contribution in [0.3, 0.4) is 0 Å². The fourth-order valence-corrected chi connectivity index (χ4v) is 2.65. The van der Waals surface area contributed by atoms with E-state index in [1.54, 1.807) is 19.6 Å². The van der Waals surface area contributed by atoms with Crippen molar-refractivity contribution in [1.29, 1.82) is 5.26 Å². The molecular weight excluding hydrogens is 252 g/mol. The van der Waals surface area contributed by atoms with Crippen molar-refractivity contribution in [2.24, 2.45) is 0 Å². The van der Waals surface area contributed by atoms with E-state index in [1.165, 1.54) is 11.1 Å². The molecule has 0 spiro atoms.